The van der Waals surface area contributed by atoms with Gasteiger partial charge >= 0.3 is 0 Å². The number of likely N-dealkylation sites (tertiary alicyclic amines) is 1. The topological polar surface area (TPSA) is 80.4 Å². The number of ketones is 1. The molecule has 1 aliphatic carbocycles. The highest BCUT2D eigenvalue weighted by Gasteiger charge is 2.59. The molecule has 0 aromatic carbocycles. The summed E-state index contributed by atoms with van der Waals surface area (Å²) in [6, 6.07) is -0.144. The van der Waals surface area contributed by atoms with E-state index >= 15 is 4.39 Å². The quantitative estimate of drug-likeness (QED) is 0.481. The van der Waals surface area contributed by atoms with Crippen LogP contribution in [0.5, 0.6) is 0 Å². The van der Waals surface area contributed by atoms with Gasteiger partial charge in [-0.3, -0.25) is 24.7 Å². The monoisotopic (exact) mass is 532 g/mol. The Morgan fingerprint density at radius 3 is 2.63 bits per heavy atom. The van der Waals surface area contributed by atoms with E-state index in [0.29, 0.717) is 12.6 Å². The molecule has 0 bridgehead atoms. The molecule has 1 saturated carbocycles. The van der Waals surface area contributed by atoms with Gasteiger partial charge in [0, 0.05) is 57.4 Å². The molecular weight excluding hydrogens is 487 g/mol. The van der Waals surface area contributed by atoms with E-state index in [1.807, 2.05) is 0 Å². The van der Waals surface area contributed by atoms with Gasteiger partial charge in [-0.05, 0) is 65.6 Å². The Kier molecular flexibility index (Phi) is 7.79. The molecular formula is C28H45FN6O3. The first-order chi connectivity index (χ1) is 18.4. The van der Waals surface area contributed by atoms with E-state index in [-0.39, 0.29) is 48.0 Å². The van der Waals surface area contributed by atoms with Crippen molar-refractivity contribution in [3.05, 3.63) is 11.8 Å². The summed E-state index contributed by atoms with van der Waals surface area (Å²) in [5.41, 5.74) is 0.177. The van der Waals surface area contributed by atoms with Crippen LogP contribution in [0.25, 0.3) is 0 Å². The number of halogens is 1. The van der Waals surface area contributed by atoms with Gasteiger partial charge in [0.2, 0.25) is 0 Å². The number of hydrogen-bond acceptors (Lipinski definition) is 8. The third kappa shape index (κ3) is 4.91. The number of carbonyl (C=O) groups excluding carboxylic acids is 2. The maximum Gasteiger partial charge on any atom is 0.256 e. The summed E-state index contributed by atoms with van der Waals surface area (Å²) < 4.78 is 22.8. The molecule has 6 aliphatic rings. The minimum absolute atomic E-state index is 0.0840. The van der Waals surface area contributed by atoms with Gasteiger partial charge < -0.3 is 19.9 Å². The van der Waals surface area contributed by atoms with Gasteiger partial charge in [-0.2, -0.15) is 0 Å². The number of Topliss-reactive ketones (excluding diaryl/α,β-unsaturated/α-hetero) is 1. The normalized spacial score (nSPS) is 38.6. The Bertz CT molecular complexity index is 918. The number of nitrogens with zero attached hydrogens (tertiary/aromatic N) is 4. The molecule has 212 valence electrons. The van der Waals surface area contributed by atoms with E-state index in [1.54, 1.807) is 6.20 Å². The van der Waals surface area contributed by atoms with E-state index < -0.39 is 18.2 Å². The smallest absolute Gasteiger partial charge is 0.256 e. The number of amides is 1. The van der Waals surface area contributed by atoms with Crippen molar-refractivity contribution in [1.29, 1.82) is 0 Å². The van der Waals surface area contributed by atoms with Crippen LogP contribution in [0.1, 0.15) is 46.0 Å². The summed E-state index contributed by atoms with van der Waals surface area (Å²) in [5, 5.41) is 6.56. The average Bonchev–Trinajstić information content (AvgIpc) is 3.43. The summed E-state index contributed by atoms with van der Waals surface area (Å²) in [6.07, 6.45) is 4.49. The molecule has 2 N–H and O–H groups in total. The lowest BCUT2D eigenvalue weighted by atomic mass is 9.70. The number of rotatable bonds is 6. The van der Waals surface area contributed by atoms with Crippen LogP contribution in [0.3, 0.4) is 0 Å². The van der Waals surface area contributed by atoms with E-state index in [0.717, 1.165) is 65.2 Å². The van der Waals surface area contributed by atoms with Crippen LogP contribution in [0.15, 0.2) is 11.8 Å². The zero-order valence-corrected chi connectivity index (χ0v) is 23.0. The Balaban J connectivity index is 1.23. The van der Waals surface area contributed by atoms with Crippen LogP contribution >= 0.6 is 0 Å². The Morgan fingerprint density at radius 2 is 1.89 bits per heavy atom. The van der Waals surface area contributed by atoms with Gasteiger partial charge in [0.05, 0.1) is 29.9 Å². The zero-order valence-electron chi connectivity index (χ0n) is 23.0. The van der Waals surface area contributed by atoms with E-state index in [4.69, 9.17) is 4.74 Å². The van der Waals surface area contributed by atoms with Crippen LogP contribution < -0.4 is 10.6 Å². The van der Waals surface area contributed by atoms with Crippen LogP contribution in [0, 0.1) is 5.92 Å². The predicted molar refractivity (Wildman–Crippen MR) is 142 cm³/mol. The summed E-state index contributed by atoms with van der Waals surface area (Å²) in [7, 11) is 0. The molecule has 0 radical (unpaired) electrons. The highest BCUT2D eigenvalue weighted by atomic mass is 19.1. The first-order valence-electron chi connectivity index (χ1n) is 15.0. The molecule has 0 aromatic heterocycles. The molecule has 7 unspecified atom stereocenters. The summed E-state index contributed by atoms with van der Waals surface area (Å²) in [5.74, 6) is -1.12. The molecule has 10 heteroatoms. The number of fused-ring (bicyclic) bond motifs is 2. The second-order valence-corrected chi connectivity index (χ2v) is 12.3. The fourth-order valence-electron chi connectivity index (χ4n) is 7.80. The van der Waals surface area contributed by atoms with Gasteiger partial charge in [0.1, 0.15) is 12.3 Å². The van der Waals surface area contributed by atoms with E-state index in [2.05, 4.69) is 44.1 Å². The van der Waals surface area contributed by atoms with Crippen molar-refractivity contribution in [2.24, 2.45) is 5.92 Å². The molecule has 5 aliphatic heterocycles. The fourth-order valence-corrected chi connectivity index (χ4v) is 7.80. The number of piperidine rings is 1. The van der Waals surface area contributed by atoms with Crippen LogP contribution in [-0.4, -0.2) is 133 Å². The fraction of sp³-hybridized carbons (Fsp3) is 0.857. The SMILES string of the molecule is CC(C)N1CCN(C2C(F)CC3C(=O)C(C(=O)NCCN4CCCC4)=CN4C5NCCCC5OC2C34)CC1. The van der Waals surface area contributed by atoms with Crippen molar-refractivity contribution >= 4 is 11.7 Å². The van der Waals surface area contributed by atoms with Gasteiger partial charge in [-0.25, -0.2) is 4.39 Å². The largest absolute Gasteiger partial charge is 0.368 e. The highest BCUT2D eigenvalue weighted by molar-refractivity contribution is 6.20. The molecule has 1 amide bonds. The molecule has 0 spiro atoms. The van der Waals surface area contributed by atoms with Crippen molar-refractivity contribution in [1.82, 2.24) is 30.2 Å². The maximum absolute atomic E-state index is 16.1. The molecule has 38 heavy (non-hydrogen) atoms. The molecule has 5 heterocycles. The highest BCUT2D eigenvalue weighted by Crippen LogP contribution is 2.45. The number of alkyl halides is 1. The van der Waals surface area contributed by atoms with Gasteiger partial charge in [0.25, 0.3) is 5.91 Å². The second kappa shape index (κ2) is 11.1. The minimum Gasteiger partial charge on any atom is -0.368 e. The zero-order chi connectivity index (χ0) is 26.4. The third-order valence-electron chi connectivity index (χ3n) is 9.84. The summed E-state index contributed by atoms with van der Waals surface area (Å²) >= 11 is 0. The molecule has 0 aromatic rings. The molecule has 4 saturated heterocycles. The number of nitrogens with one attached hydrogen (secondary N) is 2. The first kappa shape index (κ1) is 26.6. The van der Waals surface area contributed by atoms with Gasteiger partial charge in [-0.15, -0.1) is 0 Å². The second-order valence-electron chi connectivity index (χ2n) is 12.3. The van der Waals surface area contributed by atoms with E-state index in [9.17, 15) is 9.59 Å². The van der Waals surface area contributed by atoms with Crippen molar-refractivity contribution in [2.75, 3.05) is 58.9 Å². The summed E-state index contributed by atoms with van der Waals surface area (Å²) in [6.45, 7) is 12.2. The van der Waals surface area contributed by atoms with Crippen LogP contribution in [0.4, 0.5) is 4.39 Å². The van der Waals surface area contributed by atoms with Crippen molar-refractivity contribution < 1.29 is 18.7 Å². The van der Waals surface area contributed by atoms with Crippen molar-refractivity contribution in [2.45, 2.75) is 88.6 Å². The van der Waals surface area contributed by atoms with Crippen LogP contribution in [0.2, 0.25) is 0 Å². The third-order valence-corrected chi connectivity index (χ3v) is 9.84. The first-order valence-corrected chi connectivity index (χ1v) is 15.0. The lowest BCUT2D eigenvalue weighted by Crippen LogP contribution is -2.76. The number of ether oxygens (including phenoxy) is 1. The number of morpholine rings is 1. The molecule has 7 atom stereocenters. The lowest BCUT2D eigenvalue weighted by Gasteiger charge is -2.60. The van der Waals surface area contributed by atoms with Gasteiger partial charge in [0.15, 0.2) is 5.78 Å². The Labute approximate surface area is 226 Å². The summed E-state index contributed by atoms with van der Waals surface area (Å²) in [4.78, 5) is 36.2. The van der Waals surface area contributed by atoms with Crippen molar-refractivity contribution in [3.63, 3.8) is 0 Å². The number of carbonyl (C=O) groups is 2. The van der Waals surface area contributed by atoms with Gasteiger partial charge in [-0.1, -0.05) is 0 Å². The molecule has 9 nitrogen and oxygen atoms in total. The predicted octanol–water partition coefficient (Wildman–Crippen LogP) is 0.565. The average molecular weight is 533 g/mol. The number of piperazine rings is 1. The van der Waals surface area contributed by atoms with E-state index in [1.165, 1.54) is 12.8 Å². The molecule has 6 rings (SSSR count). The van der Waals surface area contributed by atoms with Crippen molar-refractivity contribution in [3.8, 4) is 0 Å². The maximum atomic E-state index is 16.1. The Hall–Kier alpha value is -1.59. The lowest BCUT2D eigenvalue weighted by molar-refractivity contribution is -0.216. The Morgan fingerprint density at radius 1 is 1.13 bits per heavy atom. The molecule has 5 fully saturated rings. The minimum atomic E-state index is -1.16. The standard InChI is InChI=1S/C28H45FN6O3/c1-18(2)33-12-14-34(15-13-33)24-21(29)16-19-23-26(24)38-22-6-5-7-30-27(22)35(23)17-20(25(19)36)28(37)31-8-11-32-9-3-4-10-32/h17-19,21-24,26-27,30H,3-16H2,1-2H3,(H,31,37). The van der Waals surface area contributed by atoms with Crippen LogP contribution in [-0.2, 0) is 14.3 Å². The number of hydrogen-bond donors (Lipinski definition) is 2.